The maximum atomic E-state index is 12.7. The monoisotopic (exact) mass is 292 g/mol. The molecule has 0 unspecified atom stereocenters. The first-order valence-electron chi connectivity index (χ1n) is 7.52. The molecule has 2 aromatic carbocycles. The van der Waals surface area contributed by atoms with Crippen molar-refractivity contribution in [3.63, 3.8) is 0 Å². The van der Waals surface area contributed by atoms with E-state index in [0.717, 1.165) is 30.6 Å². The zero-order valence-corrected chi connectivity index (χ0v) is 12.3. The third-order valence-corrected chi connectivity index (χ3v) is 4.41. The number of benzene rings is 2. The summed E-state index contributed by atoms with van der Waals surface area (Å²) in [6.45, 7) is 2.81. The van der Waals surface area contributed by atoms with Crippen LogP contribution in [0, 0.1) is 6.92 Å². The second-order valence-corrected chi connectivity index (χ2v) is 5.79. The summed E-state index contributed by atoms with van der Waals surface area (Å²) in [6.07, 6.45) is 2.04. The molecule has 0 atom stereocenters. The predicted molar refractivity (Wildman–Crippen MR) is 85.6 cm³/mol. The van der Waals surface area contributed by atoms with Gasteiger partial charge < -0.3 is 5.32 Å². The number of imide groups is 1. The van der Waals surface area contributed by atoms with E-state index in [4.69, 9.17) is 0 Å². The van der Waals surface area contributed by atoms with Gasteiger partial charge in [-0.1, -0.05) is 24.3 Å². The van der Waals surface area contributed by atoms with E-state index in [1.54, 1.807) is 24.3 Å². The fourth-order valence-electron chi connectivity index (χ4n) is 3.32. The van der Waals surface area contributed by atoms with Crippen LogP contribution in [0.3, 0.4) is 0 Å². The number of aryl methyl sites for hydroxylation is 2. The summed E-state index contributed by atoms with van der Waals surface area (Å²) in [5.74, 6) is -0.464. The van der Waals surface area contributed by atoms with Gasteiger partial charge in [-0.3, -0.25) is 9.59 Å². The molecule has 0 fully saturated rings. The lowest BCUT2D eigenvalue weighted by Crippen LogP contribution is -2.32. The van der Waals surface area contributed by atoms with Crippen LogP contribution in [0.4, 0.5) is 11.4 Å². The summed E-state index contributed by atoms with van der Waals surface area (Å²) in [6, 6.07) is 11.1. The van der Waals surface area contributed by atoms with Crippen molar-refractivity contribution in [1.82, 2.24) is 0 Å². The summed E-state index contributed by atoms with van der Waals surface area (Å²) in [5.41, 5.74) is 4.72. The Bertz CT molecular complexity index is 776. The van der Waals surface area contributed by atoms with E-state index in [0.29, 0.717) is 16.8 Å². The highest BCUT2D eigenvalue weighted by Gasteiger charge is 2.38. The third kappa shape index (κ3) is 1.70. The molecular weight excluding hydrogens is 276 g/mol. The molecule has 4 heteroatoms. The summed E-state index contributed by atoms with van der Waals surface area (Å²) in [5, 5.41) is 3.37. The molecule has 2 aliphatic heterocycles. The van der Waals surface area contributed by atoms with Gasteiger partial charge in [0.25, 0.3) is 11.8 Å². The van der Waals surface area contributed by atoms with Crippen LogP contribution >= 0.6 is 0 Å². The van der Waals surface area contributed by atoms with Crippen molar-refractivity contribution < 1.29 is 9.59 Å². The first-order valence-corrected chi connectivity index (χ1v) is 7.52. The number of rotatable bonds is 1. The lowest BCUT2D eigenvalue weighted by atomic mass is 9.99. The zero-order chi connectivity index (χ0) is 15.3. The van der Waals surface area contributed by atoms with Gasteiger partial charge in [-0.05, 0) is 43.0 Å². The molecule has 0 saturated heterocycles. The van der Waals surface area contributed by atoms with Gasteiger partial charge in [0, 0.05) is 6.54 Å². The van der Waals surface area contributed by atoms with E-state index >= 15 is 0 Å². The van der Waals surface area contributed by atoms with Gasteiger partial charge in [0.1, 0.15) is 0 Å². The van der Waals surface area contributed by atoms with Crippen molar-refractivity contribution in [3.05, 3.63) is 58.7 Å². The Morgan fingerprint density at radius 2 is 1.68 bits per heavy atom. The highest BCUT2D eigenvalue weighted by molar-refractivity contribution is 6.35. The number of nitrogens with one attached hydrogen (secondary N) is 1. The lowest BCUT2D eigenvalue weighted by Gasteiger charge is -2.26. The Hall–Kier alpha value is -2.62. The maximum Gasteiger partial charge on any atom is 0.266 e. The molecule has 2 aliphatic rings. The summed E-state index contributed by atoms with van der Waals surface area (Å²) >= 11 is 0. The van der Waals surface area contributed by atoms with E-state index in [1.165, 1.54) is 10.5 Å². The molecule has 0 aliphatic carbocycles. The van der Waals surface area contributed by atoms with E-state index in [2.05, 4.69) is 11.4 Å². The highest BCUT2D eigenvalue weighted by Crippen LogP contribution is 2.39. The number of carbonyl (C=O) groups is 2. The molecule has 4 nitrogen and oxygen atoms in total. The Balaban J connectivity index is 1.91. The van der Waals surface area contributed by atoms with Gasteiger partial charge in [0.05, 0.1) is 22.5 Å². The standard InChI is InChI=1S/C18H16N2O2/c1-11-8-9-12-5-4-10-19-15(12)16(11)20-17(21)13-6-2-3-7-14(13)18(20)22/h2-3,6-9,19H,4-5,10H2,1H3. The number of nitrogens with zero attached hydrogens (tertiary/aromatic N) is 1. The van der Waals surface area contributed by atoms with Crippen LogP contribution in [0.1, 0.15) is 38.3 Å². The minimum Gasteiger partial charge on any atom is -0.383 e. The molecule has 0 saturated carbocycles. The SMILES string of the molecule is Cc1ccc2c(c1N1C(=O)c3ccccc3C1=O)NCCC2. The second kappa shape index (κ2) is 4.70. The molecule has 2 amide bonds. The van der Waals surface area contributed by atoms with Crippen molar-refractivity contribution in [2.45, 2.75) is 19.8 Å². The zero-order valence-electron chi connectivity index (χ0n) is 12.3. The number of hydrogen-bond acceptors (Lipinski definition) is 3. The minimum absolute atomic E-state index is 0.232. The molecule has 1 N–H and O–H groups in total. The minimum atomic E-state index is -0.232. The number of amides is 2. The van der Waals surface area contributed by atoms with Crippen molar-refractivity contribution in [3.8, 4) is 0 Å². The van der Waals surface area contributed by atoms with Gasteiger partial charge >= 0.3 is 0 Å². The number of anilines is 2. The smallest absolute Gasteiger partial charge is 0.266 e. The van der Waals surface area contributed by atoms with E-state index in [-0.39, 0.29) is 11.8 Å². The van der Waals surface area contributed by atoms with Crippen molar-refractivity contribution in [2.75, 3.05) is 16.8 Å². The predicted octanol–water partition coefficient (Wildman–Crippen LogP) is 3.15. The van der Waals surface area contributed by atoms with Crippen molar-refractivity contribution in [1.29, 1.82) is 0 Å². The summed E-state index contributed by atoms with van der Waals surface area (Å²) < 4.78 is 0. The Kier molecular flexibility index (Phi) is 2.79. The number of fused-ring (bicyclic) bond motifs is 2. The van der Waals surface area contributed by atoms with Crippen LogP contribution in [0.25, 0.3) is 0 Å². The van der Waals surface area contributed by atoms with Crippen molar-refractivity contribution in [2.24, 2.45) is 0 Å². The third-order valence-electron chi connectivity index (χ3n) is 4.41. The molecule has 0 radical (unpaired) electrons. The topological polar surface area (TPSA) is 49.4 Å². The second-order valence-electron chi connectivity index (χ2n) is 5.79. The first-order chi connectivity index (χ1) is 10.7. The average molecular weight is 292 g/mol. The summed E-state index contributed by atoms with van der Waals surface area (Å²) in [4.78, 5) is 26.8. The average Bonchev–Trinajstić information content (AvgIpc) is 2.80. The van der Waals surface area contributed by atoms with Crippen LogP contribution in [-0.4, -0.2) is 18.4 Å². The van der Waals surface area contributed by atoms with Gasteiger partial charge in [-0.15, -0.1) is 0 Å². The number of hydrogen-bond donors (Lipinski definition) is 1. The molecule has 2 heterocycles. The van der Waals surface area contributed by atoms with Crippen LogP contribution in [0.2, 0.25) is 0 Å². The quantitative estimate of drug-likeness (QED) is 0.821. The fourth-order valence-corrected chi connectivity index (χ4v) is 3.32. The van der Waals surface area contributed by atoms with Crippen LogP contribution < -0.4 is 10.2 Å². The Labute approximate surface area is 128 Å². The molecule has 2 aromatic rings. The normalized spacial score (nSPS) is 16.3. The van der Waals surface area contributed by atoms with E-state index in [1.807, 2.05) is 13.0 Å². The fraction of sp³-hybridized carbons (Fsp3) is 0.222. The van der Waals surface area contributed by atoms with Crippen LogP contribution in [0.15, 0.2) is 36.4 Å². The molecule has 110 valence electrons. The van der Waals surface area contributed by atoms with E-state index < -0.39 is 0 Å². The Morgan fingerprint density at radius 1 is 1.00 bits per heavy atom. The largest absolute Gasteiger partial charge is 0.383 e. The highest BCUT2D eigenvalue weighted by atomic mass is 16.2. The molecule has 4 rings (SSSR count). The molecule has 0 bridgehead atoms. The van der Waals surface area contributed by atoms with Crippen molar-refractivity contribution >= 4 is 23.2 Å². The van der Waals surface area contributed by atoms with Gasteiger partial charge in [0.15, 0.2) is 0 Å². The molecule has 0 spiro atoms. The molecule has 22 heavy (non-hydrogen) atoms. The van der Waals surface area contributed by atoms with E-state index in [9.17, 15) is 9.59 Å². The van der Waals surface area contributed by atoms with Gasteiger partial charge in [0.2, 0.25) is 0 Å². The maximum absolute atomic E-state index is 12.7. The first kappa shape index (κ1) is 13.1. The van der Waals surface area contributed by atoms with Crippen LogP contribution in [0.5, 0.6) is 0 Å². The summed E-state index contributed by atoms with van der Waals surface area (Å²) in [7, 11) is 0. The number of carbonyl (C=O) groups excluding carboxylic acids is 2. The van der Waals surface area contributed by atoms with Gasteiger partial charge in [-0.2, -0.15) is 0 Å². The molecular formula is C18H16N2O2. The molecule has 0 aromatic heterocycles. The van der Waals surface area contributed by atoms with Gasteiger partial charge in [-0.25, -0.2) is 4.90 Å². The Morgan fingerprint density at radius 3 is 2.36 bits per heavy atom. The van der Waals surface area contributed by atoms with Crippen LogP contribution in [-0.2, 0) is 6.42 Å². The lowest BCUT2D eigenvalue weighted by molar-refractivity contribution is 0.0926.